The van der Waals surface area contributed by atoms with Crippen molar-refractivity contribution in [3.8, 4) is 5.75 Å². The first-order valence-electron chi connectivity index (χ1n) is 9.65. The van der Waals surface area contributed by atoms with Gasteiger partial charge in [0.05, 0.1) is 12.7 Å². The lowest BCUT2D eigenvalue weighted by Crippen LogP contribution is -2.00. The molecule has 6 nitrogen and oxygen atoms in total. The van der Waals surface area contributed by atoms with Gasteiger partial charge in [-0.05, 0) is 53.8 Å². The number of rotatable bonds is 9. The lowest BCUT2D eigenvalue weighted by atomic mass is 10.00. The number of aliphatic carboxylic acids is 1. The average Bonchev–Trinajstić information content (AvgIpc) is 3.03. The highest BCUT2D eigenvalue weighted by molar-refractivity contribution is 5.88. The van der Waals surface area contributed by atoms with Crippen molar-refractivity contribution in [3.05, 3.63) is 64.8 Å². The van der Waals surface area contributed by atoms with Gasteiger partial charge in [-0.15, -0.1) is 0 Å². The third-order valence-corrected chi connectivity index (χ3v) is 5.03. The van der Waals surface area contributed by atoms with E-state index in [0.717, 1.165) is 40.6 Å². The Morgan fingerprint density at radius 1 is 1.07 bits per heavy atom. The van der Waals surface area contributed by atoms with Crippen molar-refractivity contribution in [2.45, 2.75) is 39.2 Å². The van der Waals surface area contributed by atoms with E-state index in [1.54, 1.807) is 18.2 Å². The molecule has 1 heterocycles. The molecular weight excluding hydrogens is 370 g/mol. The number of carboxylic acid groups (broad SMARTS) is 2. The monoisotopic (exact) mass is 395 g/mol. The summed E-state index contributed by atoms with van der Waals surface area (Å²) < 4.78 is 7.64. The van der Waals surface area contributed by atoms with Crippen molar-refractivity contribution < 1.29 is 24.5 Å². The van der Waals surface area contributed by atoms with Crippen molar-refractivity contribution in [2.75, 3.05) is 7.11 Å². The fraction of sp³-hybridized carbons (Fsp3) is 0.304. The maximum Gasteiger partial charge on any atom is 0.335 e. The minimum absolute atomic E-state index is 0.0982. The van der Waals surface area contributed by atoms with E-state index < -0.39 is 11.9 Å². The molecule has 0 radical (unpaired) electrons. The second-order valence-corrected chi connectivity index (χ2v) is 7.10. The molecule has 0 atom stereocenters. The van der Waals surface area contributed by atoms with Crippen molar-refractivity contribution in [3.63, 3.8) is 0 Å². The van der Waals surface area contributed by atoms with E-state index in [-0.39, 0.29) is 12.0 Å². The number of methoxy groups -OCH3 is 1. The number of carbonyl (C=O) groups is 2. The van der Waals surface area contributed by atoms with Crippen LogP contribution in [-0.4, -0.2) is 33.8 Å². The van der Waals surface area contributed by atoms with Gasteiger partial charge in [0.2, 0.25) is 0 Å². The molecule has 3 aromatic rings. The number of fused-ring (bicyclic) bond motifs is 1. The molecule has 2 aromatic carbocycles. The highest BCUT2D eigenvalue weighted by Gasteiger charge is 2.14. The van der Waals surface area contributed by atoms with Crippen molar-refractivity contribution in [1.29, 1.82) is 0 Å². The first-order valence-corrected chi connectivity index (χ1v) is 9.65. The largest absolute Gasteiger partial charge is 0.496 e. The fourth-order valence-corrected chi connectivity index (χ4v) is 3.62. The molecule has 0 amide bonds. The fourth-order valence-electron chi connectivity index (χ4n) is 3.62. The number of aromatic carboxylic acids is 1. The quantitative estimate of drug-likeness (QED) is 0.562. The molecule has 0 aliphatic heterocycles. The second kappa shape index (κ2) is 8.82. The van der Waals surface area contributed by atoms with Crippen LogP contribution in [0.3, 0.4) is 0 Å². The van der Waals surface area contributed by atoms with Crippen LogP contribution >= 0.6 is 0 Å². The lowest BCUT2D eigenvalue weighted by molar-refractivity contribution is -0.136. The zero-order valence-electron chi connectivity index (χ0n) is 16.6. The number of nitrogens with zero attached hydrogens (tertiary/aromatic N) is 1. The van der Waals surface area contributed by atoms with Crippen LogP contribution in [0.15, 0.2) is 42.6 Å². The van der Waals surface area contributed by atoms with E-state index in [0.29, 0.717) is 18.6 Å². The summed E-state index contributed by atoms with van der Waals surface area (Å²) in [5.41, 5.74) is 4.30. The maximum atomic E-state index is 11.2. The Morgan fingerprint density at radius 2 is 1.86 bits per heavy atom. The summed E-state index contributed by atoms with van der Waals surface area (Å²) in [6.45, 7) is 3.01. The maximum absolute atomic E-state index is 11.2. The second-order valence-electron chi connectivity index (χ2n) is 7.10. The number of aromatic nitrogens is 1. The number of carboxylic acids is 2. The van der Waals surface area contributed by atoms with E-state index >= 15 is 0 Å². The Bertz CT molecular complexity index is 1050. The summed E-state index contributed by atoms with van der Waals surface area (Å²) in [6, 6.07) is 11.0. The summed E-state index contributed by atoms with van der Waals surface area (Å²) in [4.78, 5) is 22.2. The van der Waals surface area contributed by atoms with Crippen LogP contribution in [0.4, 0.5) is 0 Å². The van der Waals surface area contributed by atoms with E-state index in [9.17, 15) is 14.7 Å². The summed E-state index contributed by atoms with van der Waals surface area (Å²) in [7, 11) is 1.54. The van der Waals surface area contributed by atoms with Gasteiger partial charge in [0.15, 0.2) is 0 Å². The van der Waals surface area contributed by atoms with Gasteiger partial charge in [-0.1, -0.05) is 19.1 Å². The Balaban J connectivity index is 2.02. The molecule has 0 saturated heterocycles. The normalized spacial score (nSPS) is 11.0. The number of hydrogen-bond acceptors (Lipinski definition) is 3. The van der Waals surface area contributed by atoms with Crippen LogP contribution in [0.25, 0.3) is 10.9 Å². The molecule has 0 aliphatic rings. The Labute approximate surface area is 169 Å². The van der Waals surface area contributed by atoms with Crippen LogP contribution in [0.5, 0.6) is 5.75 Å². The highest BCUT2D eigenvalue weighted by Crippen LogP contribution is 2.29. The van der Waals surface area contributed by atoms with E-state index in [4.69, 9.17) is 9.84 Å². The first-order chi connectivity index (χ1) is 13.9. The molecule has 1 aromatic heterocycles. The number of ether oxygens (including phenoxy) is 1. The van der Waals surface area contributed by atoms with Crippen LogP contribution < -0.4 is 4.74 Å². The minimum Gasteiger partial charge on any atom is -0.496 e. The molecule has 0 spiro atoms. The zero-order chi connectivity index (χ0) is 21.0. The van der Waals surface area contributed by atoms with Crippen LogP contribution in [-0.2, 0) is 24.2 Å². The summed E-state index contributed by atoms with van der Waals surface area (Å²) in [6.07, 6.45) is 4.31. The zero-order valence-corrected chi connectivity index (χ0v) is 16.6. The van der Waals surface area contributed by atoms with E-state index in [1.165, 1.54) is 7.11 Å². The van der Waals surface area contributed by atoms with Crippen LogP contribution in [0.1, 0.15) is 46.8 Å². The Kier molecular flexibility index (Phi) is 6.22. The molecule has 29 heavy (non-hydrogen) atoms. The molecule has 6 heteroatoms. The lowest BCUT2D eigenvalue weighted by Gasteiger charge is -2.09. The summed E-state index contributed by atoms with van der Waals surface area (Å²) in [5, 5.41) is 19.3. The molecule has 3 rings (SSSR count). The SMILES string of the molecule is CCCn1cc(Cc2ccc(C(=O)O)cc2OC)c2cc(CCC(=O)O)ccc21. The van der Waals surface area contributed by atoms with Gasteiger partial charge in [-0.25, -0.2) is 4.79 Å². The van der Waals surface area contributed by atoms with E-state index in [2.05, 4.69) is 29.8 Å². The predicted molar refractivity (Wildman–Crippen MR) is 111 cm³/mol. The number of benzene rings is 2. The molecule has 152 valence electrons. The Hall–Kier alpha value is -3.28. The van der Waals surface area contributed by atoms with Gasteiger partial charge in [0, 0.05) is 36.5 Å². The first kappa shape index (κ1) is 20.5. The van der Waals surface area contributed by atoms with Gasteiger partial charge in [0.1, 0.15) is 5.75 Å². The third-order valence-electron chi connectivity index (χ3n) is 5.03. The predicted octanol–water partition coefficient (Wildman–Crippen LogP) is 4.37. The average molecular weight is 395 g/mol. The van der Waals surface area contributed by atoms with Crippen LogP contribution in [0, 0.1) is 0 Å². The molecule has 2 N–H and O–H groups in total. The standard InChI is InChI=1S/C23H25NO5/c1-3-10-24-14-18(12-16-6-7-17(23(27)28)13-21(16)29-2)19-11-15(4-8-20(19)24)5-9-22(25)26/h4,6-8,11,13-14H,3,5,9-10,12H2,1-2H3,(H,25,26)(H,27,28). The molecule has 0 saturated carbocycles. The van der Waals surface area contributed by atoms with Crippen molar-refractivity contribution >= 4 is 22.8 Å². The molecule has 0 unspecified atom stereocenters. The van der Waals surface area contributed by atoms with Gasteiger partial charge < -0.3 is 19.5 Å². The topological polar surface area (TPSA) is 88.8 Å². The number of aryl methyl sites for hydroxylation is 2. The van der Waals surface area contributed by atoms with Gasteiger partial charge in [0.25, 0.3) is 0 Å². The summed E-state index contributed by atoms with van der Waals surface area (Å²) >= 11 is 0. The van der Waals surface area contributed by atoms with E-state index in [1.807, 2.05) is 6.07 Å². The van der Waals surface area contributed by atoms with Gasteiger partial charge in [-0.3, -0.25) is 4.79 Å². The highest BCUT2D eigenvalue weighted by atomic mass is 16.5. The minimum atomic E-state index is -0.988. The third kappa shape index (κ3) is 4.59. The Morgan fingerprint density at radius 3 is 2.52 bits per heavy atom. The number of hydrogen-bond donors (Lipinski definition) is 2. The van der Waals surface area contributed by atoms with Gasteiger partial charge in [-0.2, -0.15) is 0 Å². The van der Waals surface area contributed by atoms with Crippen molar-refractivity contribution in [1.82, 2.24) is 4.57 Å². The van der Waals surface area contributed by atoms with Crippen molar-refractivity contribution in [2.24, 2.45) is 0 Å². The molecule has 0 fully saturated rings. The molecule has 0 bridgehead atoms. The summed E-state index contributed by atoms with van der Waals surface area (Å²) in [5.74, 6) is -1.25. The van der Waals surface area contributed by atoms with Gasteiger partial charge >= 0.3 is 11.9 Å². The molecule has 0 aliphatic carbocycles. The molecular formula is C23H25NO5. The van der Waals surface area contributed by atoms with Crippen LogP contribution in [0.2, 0.25) is 0 Å². The smallest absolute Gasteiger partial charge is 0.335 e.